The van der Waals surface area contributed by atoms with Gasteiger partial charge >= 0.3 is 5.97 Å². The van der Waals surface area contributed by atoms with Gasteiger partial charge in [0, 0.05) is 11.4 Å². The molecule has 94 valence electrons. The van der Waals surface area contributed by atoms with Crippen LogP contribution in [0.25, 0.3) is 0 Å². The first-order valence-corrected chi connectivity index (χ1v) is 6.66. The Kier molecular flexibility index (Phi) is 6.08. The molecule has 0 radical (unpaired) electrons. The van der Waals surface area contributed by atoms with Gasteiger partial charge in [-0.2, -0.15) is 0 Å². The summed E-state index contributed by atoms with van der Waals surface area (Å²) >= 11 is 1.50. The summed E-state index contributed by atoms with van der Waals surface area (Å²) in [5.74, 6) is 0.202. The molecule has 1 rings (SSSR count). The summed E-state index contributed by atoms with van der Waals surface area (Å²) in [4.78, 5) is 12.4. The quantitative estimate of drug-likeness (QED) is 0.624. The lowest BCUT2D eigenvalue weighted by molar-refractivity contribution is -0.144. The molecule has 3 nitrogen and oxygen atoms in total. The number of carbonyl (C=O) groups excluding carboxylic acids is 1. The number of rotatable bonds is 6. The van der Waals surface area contributed by atoms with Crippen molar-refractivity contribution in [3.05, 3.63) is 29.8 Å². The summed E-state index contributed by atoms with van der Waals surface area (Å²) < 4.78 is 5.06. The topological polar surface area (TPSA) is 38.3 Å². The first-order valence-electron chi connectivity index (χ1n) is 5.67. The lowest BCUT2D eigenvalue weighted by Gasteiger charge is -2.07. The van der Waals surface area contributed by atoms with Crippen LogP contribution < -0.4 is 5.32 Å². The van der Waals surface area contributed by atoms with Gasteiger partial charge in [-0.1, -0.05) is 12.1 Å². The third-order valence-electron chi connectivity index (χ3n) is 2.03. The van der Waals surface area contributed by atoms with E-state index in [1.54, 1.807) is 0 Å². The Balaban J connectivity index is 2.39. The molecule has 0 amide bonds. The van der Waals surface area contributed by atoms with E-state index in [2.05, 4.69) is 17.4 Å². The summed E-state index contributed by atoms with van der Waals surface area (Å²) in [6, 6.07) is 8.18. The minimum absolute atomic E-state index is 0.0406. The minimum atomic E-state index is -0.163. The van der Waals surface area contributed by atoms with E-state index >= 15 is 0 Å². The summed E-state index contributed by atoms with van der Waals surface area (Å²) in [5.41, 5.74) is 1.24. The van der Waals surface area contributed by atoms with Gasteiger partial charge in [0.2, 0.25) is 0 Å². The second kappa shape index (κ2) is 7.35. The van der Waals surface area contributed by atoms with Crippen LogP contribution in [-0.4, -0.2) is 24.9 Å². The third-order valence-corrected chi connectivity index (χ3v) is 3.01. The zero-order valence-corrected chi connectivity index (χ0v) is 11.3. The van der Waals surface area contributed by atoms with Crippen molar-refractivity contribution in [1.82, 2.24) is 5.32 Å². The van der Waals surface area contributed by atoms with E-state index in [0.717, 1.165) is 11.4 Å². The fraction of sp³-hybridized carbons (Fsp3) is 0.462. The van der Waals surface area contributed by atoms with Crippen molar-refractivity contribution >= 4 is 17.7 Å². The van der Waals surface area contributed by atoms with Crippen molar-refractivity contribution in [1.29, 1.82) is 0 Å². The Labute approximate surface area is 107 Å². The van der Waals surface area contributed by atoms with Gasteiger partial charge in [0.15, 0.2) is 0 Å². The predicted octanol–water partition coefficient (Wildman–Crippen LogP) is 2.45. The average Bonchev–Trinajstić information content (AvgIpc) is 2.28. The minimum Gasteiger partial charge on any atom is -0.462 e. The maximum Gasteiger partial charge on any atom is 0.316 e. The fourth-order valence-electron chi connectivity index (χ4n) is 1.35. The van der Waals surface area contributed by atoms with Gasteiger partial charge in [-0.15, -0.1) is 11.8 Å². The Bertz CT molecular complexity index is 349. The van der Waals surface area contributed by atoms with Crippen LogP contribution in [0.5, 0.6) is 0 Å². The molecule has 0 fully saturated rings. The van der Waals surface area contributed by atoms with Gasteiger partial charge in [-0.25, -0.2) is 0 Å². The molecule has 0 aliphatic carbocycles. The summed E-state index contributed by atoms with van der Waals surface area (Å²) in [6.07, 6.45) is -0.0406. The SMILES string of the molecule is CNCc1ccc(SCC(=O)OC(C)C)cc1. The van der Waals surface area contributed by atoms with Gasteiger partial charge in [-0.3, -0.25) is 4.79 Å². The predicted molar refractivity (Wildman–Crippen MR) is 71.2 cm³/mol. The largest absolute Gasteiger partial charge is 0.462 e. The Morgan fingerprint density at radius 2 is 2.00 bits per heavy atom. The van der Waals surface area contributed by atoms with Crippen LogP contribution in [-0.2, 0) is 16.1 Å². The molecule has 0 saturated carbocycles. The molecule has 0 heterocycles. The zero-order chi connectivity index (χ0) is 12.7. The fourth-order valence-corrected chi connectivity index (χ4v) is 2.03. The van der Waals surface area contributed by atoms with Crippen LogP contribution in [0.1, 0.15) is 19.4 Å². The van der Waals surface area contributed by atoms with Gasteiger partial charge < -0.3 is 10.1 Å². The molecule has 0 saturated heterocycles. The van der Waals surface area contributed by atoms with Crippen molar-refractivity contribution in [3.8, 4) is 0 Å². The zero-order valence-electron chi connectivity index (χ0n) is 10.5. The molecule has 0 spiro atoms. The van der Waals surface area contributed by atoms with E-state index in [4.69, 9.17) is 4.74 Å². The van der Waals surface area contributed by atoms with E-state index in [0.29, 0.717) is 5.75 Å². The Morgan fingerprint density at radius 1 is 1.35 bits per heavy atom. The Morgan fingerprint density at radius 3 is 2.53 bits per heavy atom. The average molecular weight is 253 g/mol. The van der Waals surface area contributed by atoms with E-state index < -0.39 is 0 Å². The first kappa shape index (κ1) is 14.1. The maximum atomic E-state index is 11.3. The van der Waals surface area contributed by atoms with Crippen molar-refractivity contribution < 1.29 is 9.53 Å². The number of hydrogen-bond donors (Lipinski definition) is 1. The lowest BCUT2D eigenvalue weighted by Crippen LogP contribution is -2.13. The lowest BCUT2D eigenvalue weighted by atomic mass is 10.2. The number of esters is 1. The summed E-state index contributed by atoms with van der Waals surface area (Å²) in [6.45, 7) is 4.57. The van der Waals surface area contributed by atoms with Gasteiger partial charge in [0.25, 0.3) is 0 Å². The molecule has 0 unspecified atom stereocenters. The number of benzene rings is 1. The van der Waals surface area contributed by atoms with Crippen molar-refractivity contribution in [2.24, 2.45) is 0 Å². The van der Waals surface area contributed by atoms with Crippen LogP contribution in [0.2, 0.25) is 0 Å². The number of carbonyl (C=O) groups is 1. The van der Waals surface area contributed by atoms with Crippen LogP contribution in [0.4, 0.5) is 0 Å². The molecule has 17 heavy (non-hydrogen) atoms. The van der Waals surface area contributed by atoms with Crippen molar-refractivity contribution in [2.75, 3.05) is 12.8 Å². The highest BCUT2D eigenvalue weighted by Gasteiger charge is 2.06. The van der Waals surface area contributed by atoms with E-state index in [1.807, 2.05) is 33.0 Å². The third kappa shape index (κ3) is 5.75. The maximum absolute atomic E-state index is 11.3. The summed E-state index contributed by atoms with van der Waals surface area (Å²) in [7, 11) is 1.92. The molecule has 0 aliphatic rings. The molecule has 1 aromatic rings. The van der Waals surface area contributed by atoms with E-state index in [1.165, 1.54) is 17.3 Å². The van der Waals surface area contributed by atoms with Crippen molar-refractivity contribution in [3.63, 3.8) is 0 Å². The summed E-state index contributed by atoms with van der Waals surface area (Å²) in [5, 5.41) is 3.09. The normalized spacial score (nSPS) is 10.6. The molecule has 1 N–H and O–H groups in total. The van der Waals surface area contributed by atoms with Gasteiger partial charge in [-0.05, 0) is 38.6 Å². The van der Waals surface area contributed by atoms with Crippen LogP contribution in [0, 0.1) is 0 Å². The van der Waals surface area contributed by atoms with Crippen LogP contribution >= 0.6 is 11.8 Å². The number of ether oxygens (including phenoxy) is 1. The standard InChI is InChI=1S/C13H19NO2S/c1-10(2)16-13(15)9-17-12-6-4-11(5-7-12)8-14-3/h4-7,10,14H,8-9H2,1-3H3. The van der Waals surface area contributed by atoms with Crippen molar-refractivity contribution in [2.45, 2.75) is 31.4 Å². The number of hydrogen-bond acceptors (Lipinski definition) is 4. The monoisotopic (exact) mass is 253 g/mol. The number of thioether (sulfide) groups is 1. The highest BCUT2D eigenvalue weighted by Crippen LogP contribution is 2.18. The van der Waals surface area contributed by atoms with Crippen LogP contribution in [0.15, 0.2) is 29.2 Å². The molecule has 0 aromatic heterocycles. The van der Waals surface area contributed by atoms with Gasteiger partial charge in [0.1, 0.15) is 0 Å². The molecule has 1 aromatic carbocycles. The molecular weight excluding hydrogens is 234 g/mol. The van der Waals surface area contributed by atoms with Crippen LogP contribution in [0.3, 0.4) is 0 Å². The molecule has 0 atom stereocenters. The van der Waals surface area contributed by atoms with E-state index in [-0.39, 0.29) is 12.1 Å². The second-order valence-electron chi connectivity index (χ2n) is 4.00. The highest BCUT2D eigenvalue weighted by molar-refractivity contribution is 8.00. The molecule has 0 bridgehead atoms. The first-order chi connectivity index (χ1) is 8.11. The van der Waals surface area contributed by atoms with E-state index in [9.17, 15) is 4.79 Å². The highest BCUT2D eigenvalue weighted by atomic mass is 32.2. The molecular formula is C13H19NO2S. The second-order valence-corrected chi connectivity index (χ2v) is 5.05. The molecule has 4 heteroatoms. The molecule has 0 aliphatic heterocycles. The smallest absolute Gasteiger partial charge is 0.316 e. The number of nitrogens with one attached hydrogen (secondary N) is 1. The Hall–Kier alpha value is -1.00. The van der Waals surface area contributed by atoms with Gasteiger partial charge in [0.05, 0.1) is 11.9 Å².